The Balaban J connectivity index is 0.00000200. The number of nitrogens with one attached hydrogen (secondary N) is 2. The van der Waals surface area contributed by atoms with E-state index in [9.17, 15) is 21.6 Å². The van der Waals surface area contributed by atoms with Crippen molar-refractivity contribution in [2.45, 2.75) is 23.8 Å². The average Bonchev–Trinajstić information content (AvgIpc) is 2.86. The third-order valence-corrected chi connectivity index (χ3v) is 4.35. The number of rotatable bonds is 4. The summed E-state index contributed by atoms with van der Waals surface area (Å²) in [6.07, 6.45) is 1.78. The Morgan fingerprint density at radius 2 is 1.85 bits per heavy atom. The van der Waals surface area contributed by atoms with Gasteiger partial charge in [0.25, 0.3) is 0 Å². The van der Waals surface area contributed by atoms with E-state index in [0.29, 0.717) is 12.1 Å². The van der Waals surface area contributed by atoms with Crippen LogP contribution in [-0.4, -0.2) is 27.5 Å². The molecule has 2 N–H and O–H groups in total. The molecule has 1 aliphatic heterocycles. The van der Waals surface area contributed by atoms with Crippen molar-refractivity contribution in [3.05, 3.63) is 29.6 Å². The third-order valence-electron chi connectivity index (χ3n) is 2.95. The third kappa shape index (κ3) is 3.85. The van der Waals surface area contributed by atoms with Gasteiger partial charge in [-0.2, -0.15) is 0 Å². The maximum Gasteiger partial charge on any atom is 0.240 e. The molecule has 4 nitrogen and oxygen atoms in total. The van der Waals surface area contributed by atoms with Crippen LogP contribution >= 0.6 is 12.4 Å². The number of hydrogen-bond acceptors (Lipinski definition) is 3. The molecule has 1 aromatic rings. The number of sulfonamides is 1. The summed E-state index contributed by atoms with van der Waals surface area (Å²) in [6.45, 7) is 0.940. The SMILES string of the molecule is Cl.O=S(=O)(NCC1CCCN1)c1cc(F)c(F)c(F)c1. The van der Waals surface area contributed by atoms with Crippen molar-refractivity contribution >= 4 is 22.4 Å². The van der Waals surface area contributed by atoms with E-state index in [4.69, 9.17) is 0 Å². The lowest BCUT2D eigenvalue weighted by Gasteiger charge is -2.12. The molecular weight excluding hydrogens is 317 g/mol. The van der Waals surface area contributed by atoms with Crippen LogP contribution in [0.4, 0.5) is 13.2 Å². The summed E-state index contributed by atoms with van der Waals surface area (Å²) < 4.78 is 64.6. The number of benzene rings is 1. The van der Waals surface area contributed by atoms with Crippen molar-refractivity contribution in [3.63, 3.8) is 0 Å². The monoisotopic (exact) mass is 330 g/mol. The minimum atomic E-state index is -4.05. The first kappa shape index (κ1) is 17.2. The van der Waals surface area contributed by atoms with Crippen molar-refractivity contribution in [1.82, 2.24) is 10.0 Å². The fourth-order valence-corrected chi connectivity index (χ4v) is 3.02. The Morgan fingerprint density at radius 1 is 1.25 bits per heavy atom. The number of hydrogen-bond donors (Lipinski definition) is 2. The first-order chi connectivity index (χ1) is 8.90. The van der Waals surface area contributed by atoms with E-state index in [1.807, 2.05) is 0 Å². The molecule has 9 heteroatoms. The summed E-state index contributed by atoms with van der Waals surface area (Å²) in [6, 6.07) is 0.927. The van der Waals surface area contributed by atoms with E-state index in [-0.39, 0.29) is 25.0 Å². The van der Waals surface area contributed by atoms with Gasteiger partial charge in [0.15, 0.2) is 17.5 Å². The van der Waals surface area contributed by atoms with Crippen molar-refractivity contribution in [1.29, 1.82) is 0 Å². The fourth-order valence-electron chi connectivity index (χ4n) is 1.91. The molecule has 0 saturated carbocycles. The minimum Gasteiger partial charge on any atom is -0.313 e. The zero-order valence-electron chi connectivity index (χ0n) is 10.3. The van der Waals surface area contributed by atoms with E-state index in [1.54, 1.807) is 0 Å². The predicted octanol–water partition coefficient (Wildman–Crippen LogP) is 1.56. The zero-order chi connectivity index (χ0) is 14.0. The lowest BCUT2D eigenvalue weighted by atomic mass is 10.2. The van der Waals surface area contributed by atoms with Crippen LogP contribution in [0, 0.1) is 17.5 Å². The van der Waals surface area contributed by atoms with Crippen LogP contribution in [0.5, 0.6) is 0 Å². The number of halogens is 4. The fraction of sp³-hybridized carbons (Fsp3) is 0.455. The highest BCUT2D eigenvalue weighted by Crippen LogP contribution is 2.17. The molecule has 114 valence electrons. The standard InChI is InChI=1S/C11H13F3N2O2S.ClH/c12-9-4-8(5-10(13)11(9)14)19(17,18)16-6-7-2-1-3-15-7;/h4-5,7,15-16H,1-3,6H2;1H. The Kier molecular flexibility index (Phi) is 5.81. The van der Waals surface area contributed by atoms with Crippen LogP contribution in [-0.2, 0) is 10.0 Å². The Labute approximate surface area is 121 Å². The summed E-state index contributed by atoms with van der Waals surface area (Å²) in [5, 5.41) is 3.08. The second kappa shape index (κ2) is 6.75. The molecule has 1 aromatic carbocycles. The van der Waals surface area contributed by atoms with Crippen LogP contribution in [0.2, 0.25) is 0 Å². The van der Waals surface area contributed by atoms with E-state index in [0.717, 1.165) is 19.4 Å². The molecule has 1 atom stereocenters. The van der Waals surface area contributed by atoms with E-state index in [2.05, 4.69) is 10.0 Å². The van der Waals surface area contributed by atoms with Crippen molar-refractivity contribution < 1.29 is 21.6 Å². The maximum atomic E-state index is 13.0. The Bertz CT molecular complexity index is 554. The van der Waals surface area contributed by atoms with Gasteiger partial charge >= 0.3 is 0 Å². The molecule has 1 heterocycles. The van der Waals surface area contributed by atoms with Gasteiger partial charge in [-0.05, 0) is 31.5 Å². The van der Waals surface area contributed by atoms with E-state index >= 15 is 0 Å². The van der Waals surface area contributed by atoms with Gasteiger partial charge in [-0.25, -0.2) is 26.3 Å². The average molecular weight is 331 g/mol. The normalized spacial score (nSPS) is 18.9. The minimum absolute atomic E-state index is 0. The van der Waals surface area contributed by atoms with Crippen molar-refractivity contribution in [2.75, 3.05) is 13.1 Å². The summed E-state index contributed by atoms with van der Waals surface area (Å²) in [4.78, 5) is -0.623. The first-order valence-electron chi connectivity index (χ1n) is 5.78. The molecule has 0 aliphatic carbocycles. The molecule has 0 bridgehead atoms. The van der Waals surface area contributed by atoms with Gasteiger partial charge in [-0.3, -0.25) is 0 Å². The quantitative estimate of drug-likeness (QED) is 0.824. The lowest BCUT2D eigenvalue weighted by molar-refractivity contribution is 0.442. The van der Waals surface area contributed by atoms with Gasteiger partial charge in [-0.1, -0.05) is 0 Å². The van der Waals surface area contributed by atoms with Crippen LogP contribution in [0.25, 0.3) is 0 Å². The highest BCUT2D eigenvalue weighted by atomic mass is 35.5. The topological polar surface area (TPSA) is 58.2 Å². The molecule has 2 rings (SSSR count). The van der Waals surface area contributed by atoms with Gasteiger partial charge in [0.1, 0.15) is 0 Å². The highest BCUT2D eigenvalue weighted by molar-refractivity contribution is 7.89. The Morgan fingerprint density at radius 3 is 2.35 bits per heavy atom. The molecule has 0 amide bonds. The van der Waals surface area contributed by atoms with Gasteiger partial charge in [0.05, 0.1) is 4.90 Å². The zero-order valence-corrected chi connectivity index (χ0v) is 12.0. The second-order valence-electron chi connectivity index (χ2n) is 4.35. The molecule has 1 saturated heterocycles. The van der Waals surface area contributed by atoms with Crippen LogP contribution in [0.1, 0.15) is 12.8 Å². The molecule has 20 heavy (non-hydrogen) atoms. The van der Waals surface area contributed by atoms with Crippen LogP contribution in [0.15, 0.2) is 17.0 Å². The molecule has 1 aliphatic rings. The van der Waals surface area contributed by atoms with Crippen LogP contribution in [0.3, 0.4) is 0 Å². The smallest absolute Gasteiger partial charge is 0.240 e. The van der Waals surface area contributed by atoms with E-state index < -0.39 is 32.4 Å². The Hall–Kier alpha value is -0.830. The highest BCUT2D eigenvalue weighted by Gasteiger charge is 2.22. The molecule has 0 spiro atoms. The predicted molar refractivity (Wildman–Crippen MR) is 69.8 cm³/mol. The van der Waals surface area contributed by atoms with Crippen molar-refractivity contribution in [3.8, 4) is 0 Å². The van der Waals surface area contributed by atoms with Crippen LogP contribution < -0.4 is 10.0 Å². The molecular formula is C11H14ClF3N2O2S. The lowest BCUT2D eigenvalue weighted by Crippen LogP contribution is -2.37. The summed E-state index contributed by atoms with van der Waals surface area (Å²) in [5.74, 6) is -4.74. The molecule has 0 radical (unpaired) electrons. The van der Waals surface area contributed by atoms with Crippen molar-refractivity contribution in [2.24, 2.45) is 0 Å². The summed E-state index contributed by atoms with van der Waals surface area (Å²) in [7, 11) is -4.05. The molecule has 1 fully saturated rings. The first-order valence-corrected chi connectivity index (χ1v) is 7.26. The van der Waals surface area contributed by atoms with Gasteiger partial charge in [0.2, 0.25) is 10.0 Å². The van der Waals surface area contributed by atoms with Gasteiger partial charge in [0, 0.05) is 12.6 Å². The largest absolute Gasteiger partial charge is 0.313 e. The maximum absolute atomic E-state index is 13.0. The molecule has 0 aromatic heterocycles. The van der Waals surface area contributed by atoms with Gasteiger partial charge < -0.3 is 5.32 Å². The summed E-state index contributed by atoms with van der Waals surface area (Å²) in [5.41, 5.74) is 0. The van der Waals surface area contributed by atoms with Gasteiger partial charge in [-0.15, -0.1) is 12.4 Å². The second-order valence-corrected chi connectivity index (χ2v) is 6.11. The molecule has 1 unspecified atom stereocenters. The van der Waals surface area contributed by atoms with E-state index in [1.165, 1.54) is 0 Å². The summed E-state index contributed by atoms with van der Waals surface area (Å²) >= 11 is 0.